The average molecular weight is 371 g/mol. The molecule has 1 aliphatic rings. The number of hydrogen-bond acceptors (Lipinski definition) is 4. The minimum atomic E-state index is 0.109. The molecule has 1 fully saturated rings. The number of carbonyl (C=O) groups is 2. The second kappa shape index (κ2) is 6.83. The number of benzene rings is 1. The zero-order valence-electron chi connectivity index (χ0n) is 12.4. The van der Waals surface area contributed by atoms with E-state index >= 15 is 0 Å². The molecule has 1 aliphatic heterocycles. The molecular formula is C15H19BrN2O2S. The molecule has 0 saturated carbocycles. The summed E-state index contributed by atoms with van der Waals surface area (Å²) in [7, 11) is 3.94. The topological polar surface area (TPSA) is 40.6 Å². The number of anilines is 2. The molecule has 1 amide bonds. The van der Waals surface area contributed by atoms with Gasteiger partial charge < -0.3 is 9.80 Å². The van der Waals surface area contributed by atoms with Crippen molar-refractivity contribution in [1.29, 1.82) is 0 Å². The molecule has 2 rings (SSSR count). The van der Waals surface area contributed by atoms with E-state index in [0.717, 1.165) is 15.8 Å². The van der Waals surface area contributed by atoms with Crippen molar-refractivity contribution in [1.82, 2.24) is 0 Å². The van der Waals surface area contributed by atoms with Crippen LogP contribution in [-0.4, -0.2) is 37.4 Å². The van der Waals surface area contributed by atoms with Crippen LogP contribution < -0.4 is 9.80 Å². The van der Waals surface area contributed by atoms with E-state index in [4.69, 9.17) is 0 Å². The van der Waals surface area contributed by atoms with Crippen LogP contribution in [-0.2, 0) is 9.59 Å². The van der Waals surface area contributed by atoms with Crippen LogP contribution in [0.3, 0.4) is 0 Å². The molecule has 0 N–H and O–H groups in total. The van der Waals surface area contributed by atoms with Crippen molar-refractivity contribution in [3.63, 3.8) is 0 Å². The van der Waals surface area contributed by atoms with E-state index in [-0.39, 0.29) is 16.9 Å². The van der Waals surface area contributed by atoms with Crippen LogP contribution >= 0.6 is 27.7 Å². The van der Waals surface area contributed by atoms with E-state index in [9.17, 15) is 9.59 Å². The Morgan fingerprint density at radius 3 is 2.81 bits per heavy atom. The number of halogens is 1. The largest absolute Gasteiger partial charge is 0.376 e. The summed E-state index contributed by atoms with van der Waals surface area (Å²) in [5.74, 6) is 1.08. The van der Waals surface area contributed by atoms with E-state index in [1.165, 1.54) is 11.8 Å². The molecule has 1 heterocycles. The second-order valence-corrected chi connectivity index (χ2v) is 7.52. The van der Waals surface area contributed by atoms with Gasteiger partial charge in [-0.3, -0.25) is 9.59 Å². The monoisotopic (exact) mass is 370 g/mol. The highest BCUT2D eigenvalue weighted by Gasteiger charge is 2.32. The Hall–Kier alpha value is -1.01. The molecule has 1 aromatic rings. The van der Waals surface area contributed by atoms with Gasteiger partial charge in [0.25, 0.3) is 0 Å². The highest BCUT2D eigenvalue weighted by atomic mass is 79.9. The minimum absolute atomic E-state index is 0.109. The molecule has 0 radical (unpaired) electrons. The minimum Gasteiger partial charge on any atom is -0.376 e. The summed E-state index contributed by atoms with van der Waals surface area (Å²) < 4.78 is 0.956. The van der Waals surface area contributed by atoms with Crippen LogP contribution in [0.5, 0.6) is 0 Å². The van der Waals surface area contributed by atoms with Gasteiger partial charge in [0.2, 0.25) is 5.91 Å². The lowest BCUT2D eigenvalue weighted by atomic mass is 10.1. The van der Waals surface area contributed by atoms with Gasteiger partial charge in [0.15, 0.2) is 5.12 Å². The first-order chi connectivity index (χ1) is 9.88. The van der Waals surface area contributed by atoms with Crippen LogP contribution in [0.15, 0.2) is 22.7 Å². The van der Waals surface area contributed by atoms with Crippen molar-refractivity contribution in [2.75, 3.05) is 36.2 Å². The normalized spacial score (nSPS) is 18.2. The smallest absolute Gasteiger partial charge is 0.227 e. The van der Waals surface area contributed by atoms with Crippen molar-refractivity contribution >= 4 is 50.1 Å². The predicted molar refractivity (Wildman–Crippen MR) is 92.1 cm³/mol. The van der Waals surface area contributed by atoms with Crippen molar-refractivity contribution in [2.24, 2.45) is 5.92 Å². The van der Waals surface area contributed by atoms with Crippen molar-refractivity contribution in [2.45, 2.75) is 13.3 Å². The fraction of sp³-hybridized carbons (Fsp3) is 0.467. The first-order valence-corrected chi connectivity index (χ1v) is 8.57. The Morgan fingerprint density at radius 1 is 1.48 bits per heavy atom. The zero-order valence-corrected chi connectivity index (χ0v) is 14.8. The SMILES string of the molecule is CC(=O)SCC1CC(=O)N(c2cc(Br)ccc2N(C)C)C1. The molecule has 0 aromatic heterocycles. The summed E-state index contributed by atoms with van der Waals surface area (Å²) in [4.78, 5) is 27.2. The lowest BCUT2D eigenvalue weighted by Gasteiger charge is -2.24. The maximum atomic E-state index is 12.3. The number of thioether (sulfide) groups is 1. The molecular weight excluding hydrogens is 352 g/mol. The van der Waals surface area contributed by atoms with Gasteiger partial charge in [0, 0.05) is 44.2 Å². The fourth-order valence-electron chi connectivity index (χ4n) is 2.45. The highest BCUT2D eigenvalue weighted by molar-refractivity contribution is 9.10. The summed E-state index contributed by atoms with van der Waals surface area (Å²) >= 11 is 4.78. The average Bonchev–Trinajstić information content (AvgIpc) is 2.77. The van der Waals surface area contributed by atoms with Gasteiger partial charge in [-0.05, 0) is 24.1 Å². The van der Waals surface area contributed by atoms with Crippen LogP contribution in [0.1, 0.15) is 13.3 Å². The van der Waals surface area contributed by atoms with Gasteiger partial charge in [-0.15, -0.1) is 0 Å². The lowest BCUT2D eigenvalue weighted by molar-refractivity contribution is -0.117. The van der Waals surface area contributed by atoms with E-state index in [0.29, 0.717) is 18.7 Å². The van der Waals surface area contributed by atoms with E-state index < -0.39 is 0 Å². The fourth-order valence-corrected chi connectivity index (χ4v) is 3.49. The summed E-state index contributed by atoms with van der Waals surface area (Å²) in [6.45, 7) is 2.24. The van der Waals surface area contributed by atoms with Crippen LogP contribution in [0.2, 0.25) is 0 Å². The predicted octanol–water partition coefficient (Wildman–Crippen LogP) is 3.15. The molecule has 0 spiro atoms. The molecule has 1 saturated heterocycles. The Morgan fingerprint density at radius 2 is 2.19 bits per heavy atom. The maximum Gasteiger partial charge on any atom is 0.227 e. The van der Waals surface area contributed by atoms with E-state index in [1.807, 2.05) is 42.1 Å². The molecule has 114 valence electrons. The first kappa shape index (κ1) is 16.4. The third-order valence-corrected chi connectivity index (χ3v) is 4.98. The third-order valence-electron chi connectivity index (χ3n) is 3.44. The summed E-state index contributed by atoms with van der Waals surface area (Å²) in [5.41, 5.74) is 1.95. The standard InChI is InChI=1S/C15H19BrN2O2S/c1-10(19)21-9-11-6-15(20)18(8-11)14-7-12(16)4-5-13(14)17(2)3/h4-5,7,11H,6,8-9H2,1-3H3. The quantitative estimate of drug-likeness (QED) is 0.816. The van der Waals surface area contributed by atoms with Crippen molar-refractivity contribution in [3.05, 3.63) is 22.7 Å². The van der Waals surface area contributed by atoms with E-state index in [1.54, 1.807) is 6.92 Å². The van der Waals surface area contributed by atoms with Gasteiger partial charge in [-0.1, -0.05) is 27.7 Å². The molecule has 4 nitrogen and oxygen atoms in total. The lowest BCUT2D eigenvalue weighted by Crippen LogP contribution is -2.27. The number of hydrogen-bond donors (Lipinski definition) is 0. The highest BCUT2D eigenvalue weighted by Crippen LogP contribution is 2.35. The van der Waals surface area contributed by atoms with Gasteiger partial charge in [-0.25, -0.2) is 0 Å². The Bertz CT molecular complexity index is 563. The third kappa shape index (κ3) is 4.01. The Labute approximate surface area is 138 Å². The summed E-state index contributed by atoms with van der Waals surface area (Å²) in [6.07, 6.45) is 0.514. The van der Waals surface area contributed by atoms with Crippen LogP contribution in [0.25, 0.3) is 0 Å². The van der Waals surface area contributed by atoms with Crippen molar-refractivity contribution < 1.29 is 9.59 Å². The molecule has 0 aliphatic carbocycles. The molecule has 21 heavy (non-hydrogen) atoms. The van der Waals surface area contributed by atoms with Crippen molar-refractivity contribution in [3.8, 4) is 0 Å². The first-order valence-electron chi connectivity index (χ1n) is 6.79. The van der Waals surface area contributed by atoms with Gasteiger partial charge in [0.1, 0.15) is 0 Å². The van der Waals surface area contributed by atoms with E-state index in [2.05, 4.69) is 15.9 Å². The molecule has 0 bridgehead atoms. The number of rotatable bonds is 4. The summed E-state index contributed by atoms with van der Waals surface area (Å²) in [5, 5.41) is 0.109. The molecule has 6 heteroatoms. The number of nitrogens with zero attached hydrogens (tertiary/aromatic N) is 2. The summed E-state index contributed by atoms with van der Waals surface area (Å²) in [6, 6.07) is 5.96. The van der Waals surface area contributed by atoms with Crippen LogP contribution in [0.4, 0.5) is 11.4 Å². The van der Waals surface area contributed by atoms with Gasteiger partial charge >= 0.3 is 0 Å². The number of carbonyl (C=O) groups excluding carboxylic acids is 2. The Kier molecular flexibility index (Phi) is 5.32. The zero-order chi connectivity index (χ0) is 15.6. The molecule has 1 atom stereocenters. The molecule has 1 aromatic carbocycles. The molecule has 1 unspecified atom stereocenters. The van der Waals surface area contributed by atoms with Gasteiger partial charge in [0.05, 0.1) is 11.4 Å². The van der Waals surface area contributed by atoms with Crippen LogP contribution in [0, 0.1) is 5.92 Å². The number of amides is 1. The maximum absolute atomic E-state index is 12.3. The Balaban J connectivity index is 2.20. The van der Waals surface area contributed by atoms with Gasteiger partial charge in [-0.2, -0.15) is 0 Å². The second-order valence-electron chi connectivity index (χ2n) is 5.40.